The van der Waals surface area contributed by atoms with Crippen LogP contribution in [0.15, 0.2) is 54.6 Å². The molecule has 0 aliphatic carbocycles. The predicted octanol–water partition coefficient (Wildman–Crippen LogP) is 3.63. The SMILES string of the molecule is N[C@H](CCNCc1cccc(OC(F)(F)F)c1)Cc1ccccc1. The van der Waals surface area contributed by atoms with Crippen molar-refractivity contribution in [1.82, 2.24) is 5.32 Å². The van der Waals surface area contributed by atoms with Crippen molar-refractivity contribution in [2.75, 3.05) is 6.54 Å². The minimum absolute atomic E-state index is 0.0415. The van der Waals surface area contributed by atoms with E-state index >= 15 is 0 Å². The van der Waals surface area contributed by atoms with Crippen molar-refractivity contribution in [3.63, 3.8) is 0 Å². The number of nitrogens with two attached hydrogens (primary N) is 1. The Morgan fingerprint density at radius 3 is 2.42 bits per heavy atom. The van der Waals surface area contributed by atoms with Crippen molar-refractivity contribution in [3.05, 3.63) is 65.7 Å². The number of nitrogens with one attached hydrogen (secondary N) is 1. The normalized spacial score (nSPS) is 12.8. The molecule has 0 unspecified atom stereocenters. The predicted molar refractivity (Wildman–Crippen MR) is 87.6 cm³/mol. The molecule has 0 heterocycles. The number of hydrogen-bond acceptors (Lipinski definition) is 3. The van der Waals surface area contributed by atoms with Gasteiger partial charge in [-0.1, -0.05) is 42.5 Å². The highest BCUT2D eigenvalue weighted by Crippen LogP contribution is 2.23. The molecule has 3 N–H and O–H groups in total. The number of rotatable bonds is 8. The fourth-order valence-corrected chi connectivity index (χ4v) is 2.39. The molecule has 0 fully saturated rings. The summed E-state index contributed by atoms with van der Waals surface area (Å²) in [6.45, 7) is 1.16. The van der Waals surface area contributed by atoms with E-state index in [1.54, 1.807) is 12.1 Å². The van der Waals surface area contributed by atoms with E-state index in [2.05, 4.69) is 10.1 Å². The lowest BCUT2D eigenvalue weighted by Gasteiger charge is -2.13. The van der Waals surface area contributed by atoms with Gasteiger partial charge in [0.2, 0.25) is 0 Å². The summed E-state index contributed by atoms with van der Waals surface area (Å²) in [6, 6.07) is 16.0. The zero-order chi connectivity index (χ0) is 17.4. The Kier molecular flexibility index (Phi) is 6.63. The molecule has 2 aromatic rings. The molecule has 0 aliphatic rings. The lowest BCUT2D eigenvalue weighted by atomic mass is 10.0. The van der Waals surface area contributed by atoms with Crippen molar-refractivity contribution in [3.8, 4) is 5.75 Å². The summed E-state index contributed by atoms with van der Waals surface area (Å²) in [5, 5.41) is 3.19. The average Bonchev–Trinajstić information content (AvgIpc) is 2.51. The number of ether oxygens (including phenoxy) is 1. The fourth-order valence-electron chi connectivity index (χ4n) is 2.39. The monoisotopic (exact) mass is 338 g/mol. The summed E-state index contributed by atoms with van der Waals surface area (Å²) in [4.78, 5) is 0. The molecule has 130 valence electrons. The van der Waals surface area contributed by atoms with Gasteiger partial charge in [0, 0.05) is 12.6 Å². The first-order valence-electron chi connectivity index (χ1n) is 7.77. The lowest BCUT2D eigenvalue weighted by molar-refractivity contribution is -0.274. The van der Waals surface area contributed by atoms with Gasteiger partial charge < -0.3 is 15.8 Å². The molecule has 2 aromatic carbocycles. The van der Waals surface area contributed by atoms with Crippen LogP contribution in [0.25, 0.3) is 0 Å². The molecule has 0 saturated heterocycles. The second-order valence-electron chi connectivity index (χ2n) is 5.61. The first-order chi connectivity index (χ1) is 11.4. The van der Waals surface area contributed by atoms with Crippen molar-refractivity contribution < 1.29 is 17.9 Å². The Morgan fingerprint density at radius 2 is 1.71 bits per heavy atom. The molecule has 1 atom stereocenters. The molecular formula is C18H21F3N2O. The largest absolute Gasteiger partial charge is 0.573 e. The van der Waals surface area contributed by atoms with Gasteiger partial charge in [-0.05, 0) is 42.6 Å². The number of alkyl halides is 3. The van der Waals surface area contributed by atoms with Crippen molar-refractivity contribution in [2.45, 2.75) is 31.8 Å². The van der Waals surface area contributed by atoms with E-state index in [0.717, 1.165) is 18.4 Å². The fraction of sp³-hybridized carbons (Fsp3) is 0.333. The molecule has 24 heavy (non-hydrogen) atoms. The van der Waals surface area contributed by atoms with Crippen LogP contribution in [0.4, 0.5) is 13.2 Å². The van der Waals surface area contributed by atoms with Crippen LogP contribution in [0, 0.1) is 0 Å². The van der Waals surface area contributed by atoms with Gasteiger partial charge in [0.05, 0.1) is 0 Å². The molecule has 0 aliphatic heterocycles. The maximum absolute atomic E-state index is 12.2. The van der Waals surface area contributed by atoms with Gasteiger partial charge in [-0.3, -0.25) is 0 Å². The van der Waals surface area contributed by atoms with Gasteiger partial charge in [0.25, 0.3) is 0 Å². The number of hydrogen-bond donors (Lipinski definition) is 2. The molecule has 0 aromatic heterocycles. The van der Waals surface area contributed by atoms with E-state index in [0.29, 0.717) is 13.1 Å². The van der Waals surface area contributed by atoms with E-state index in [1.807, 2.05) is 30.3 Å². The zero-order valence-corrected chi connectivity index (χ0v) is 13.2. The Morgan fingerprint density at radius 1 is 1.00 bits per heavy atom. The molecule has 0 amide bonds. The molecule has 2 rings (SSSR count). The molecule has 0 saturated carbocycles. The lowest BCUT2D eigenvalue weighted by Crippen LogP contribution is -2.28. The van der Waals surface area contributed by atoms with Gasteiger partial charge in [-0.25, -0.2) is 0 Å². The van der Waals surface area contributed by atoms with Crippen molar-refractivity contribution >= 4 is 0 Å². The van der Waals surface area contributed by atoms with Gasteiger partial charge in [-0.2, -0.15) is 0 Å². The Labute approximate surface area is 139 Å². The Balaban J connectivity index is 1.71. The Bertz CT molecular complexity index is 617. The maximum atomic E-state index is 12.2. The van der Waals surface area contributed by atoms with Gasteiger partial charge in [0.1, 0.15) is 5.75 Å². The van der Waals surface area contributed by atoms with Crippen LogP contribution in [0.3, 0.4) is 0 Å². The van der Waals surface area contributed by atoms with Crippen LogP contribution in [0.1, 0.15) is 17.5 Å². The van der Waals surface area contributed by atoms with E-state index < -0.39 is 6.36 Å². The van der Waals surface area contributed by atoms with E-state index in [-0.39, 0.29) is 11.8 Å². The molecule has 0 radical (unpaired) electrons. The average molecular weight is 338 g/mol. The smallest absolute Gasteiger partial charge is 0.406 e. The summed E-state index contributed by atoms with van der Waals surface area (Å²) < 4.78 is 40.5. The third kappa shape index (κ3) is 7.02. The number of benzene rings is 2. The van der Waals surface area contributed by atoms with E-state index in [9.17, 15) is 13.2 Å². The van der Waals surface area contributed by atoms with Gasteiger partial charge in [-0.15, -0.1) is 13.2 Å². The highest BCUT2D eigenvalue weighted by Gasteiger charge is 2.31. The van der Waals surface area contributed by atoms with E-state index in [1.165, 1.54) is 17.7 Å². The van der Waals surface area contributed by atoms with Crippen molar-refractivity contribution in [1.29, 1.82) is 0 Å². The minimum atomic E-state index is -4.67. The molecule has 0 bridgehead atoms. The van der Waals surface area contributed by atoms with Gasteiger partial charge >= 0.3 is 6.36 Å². The molecule has 3 nitrogen and oxygen atoms in total. The first-order valence-corrected chi connectivity index (χ1v) is 7.77. The standard InChI is InChI=1S/C18H21F3N2O/c19-18(20,21)24-17-8-4-7-15(12-17)13-23-10-9-16(22)11-14-5-2-1-3-6-14/h1-8,12,16,23H,9-11,13,22H2/t16-/m1/s1. The summed E-state index contributed by atoms with van der Waals surface area (Å²) in [5.74, 6) is -0.206. The maximum Gasteiger partial charge on any atom is 0.573 e. The number of halogens is 3. The molecule has 6 heteroatoms. The minimum Gasteiger partial charge on any atom is -0.406 e. The highest BCUT2D eigenvalue weighted by molar-refractivity contribution is 5.28. The summed E-state index contributed by atoms with van der Waals surface area (Å²) >= 11 is 0. The summed E-state index contributed by atoms with van der Waals surface area (Å²) in [7, 11) is 0. The first kappa shape index (κ1) is 18.3. The summed E-state index contributed by atoms with van der Waals surface area (Å²) in [6.07, 6.45) is -3.08. The van der Waals surface area contributed by atoms with Crippen LogP contribution in [-0.4, -0.2) is 18.9 Å². The van der Waals surface area contributed by atoms with E-state index in [4.69, 9.17) is 5.73 Å². The highest BCUT2D eigenvalue weighted by atomic mass is 19.4. The third-order valence-corrected chi connectivity index (χ3v) is 3.49. The Hall–Kier alpha value is -2.05. The second kappa shape index (κ2) is 8.70. The second-order valence-corrected chi connectivity index (χ2v) is 5.61. The topological polar surface area (TPSA) is 47.3 Å². The summed E-state index contributed by atoms with van der Waals surface area (Å²) in [5.41, 5.74) is 8.02. The van der Waals surface area contributed by atoms with Gasteiger partial charge in [0.15, 0.2) is 0 Å². The van der Waals surface area contributed by atoms with Crippen molar-refractivity contribution in [2.24, 2.45) is 5.73 Å². The zero-order valence-electron chi connectivity index (χ0n) is 13.2. The molecule has 0 spiro atoms. The quantitative estimate of drug-likeness (QED) is 0.723. The molecular weight excluding hydrogens is 317 g/mol. The van der Waals surface area contributed by atoms with Crippen LogP contribution in [-0.2, 0) is 13.0 Å². The van der Waals surface area contributed by atoms with Crippen LogP contribution < -0.4 is 15.8 Å². The van der Waals surface area contributed by atoms with Crippen LogP contribution >= 0.6 is 0 Å². The van der Waals surface area contributed by atoms with Crippen LogP contribution in [0.2, 0.25) is 0 Å². The third-order valence-electron chi connectivity index (χ3n) is 3.49. The van der Waals surface area contributed by atoms with Crippen LogP contribution in [0.5, 0.6) is 5.75 Å².